The van der Waals surface area contributed by atoms with Crippen LogP contribution in [0, 0.1) is 10.8 Å². The van der Waals surface area contributed by atoms with Crippen molar-refractivity contribution < 1.29 is 38.8 Å². The lowest BCUT2D eigenvalue weighted by Gasteiger charge is -2.57. The molecule has 4 N–H and O–H groups in total. The highest BCUT2D eigenvalue weighted by atomic mass is 16.7. The smallest absolute Gasteiger partial charge is 0.172 e. The predicted molar refractivity (Wildman–Crippen MR) is 199 cm³/mol. The molecule has 4 aliphatic rings. The Morgan fingerprint density at radius 3 is 1.08 bits per heavy atom. The van der Waals surface area contributed by atoms with Crippen LogP contribution in [0.15, 0.2) is 0 Å². The van der Waals surface area contributed by atoms with Gasteiger partial charge in [0.25, 0.3) is 0 Å². The maximum Gasteiger partial charge on any atom is 0.172 e. The van der Waals surface area contributed by atoms with Crippen LogP contribution in [0.25, 0.3) is 0 Å². The number of hydroxylamine groups is 4. The van der Waals surface area contributed by atoms with Crippen molar-refractivity contribution in [3.8, 4) is 0 Å². The Balaban J connectivity index is 1.12. The lowest BCUT2D eigenvalue weighted by atomic mass is 9.72. The molecule has 50 heavy (non-hydrogen) atoms. The molecule has 2 spiro atoms. The van der Waals surface area contributed by atoms with Gasteiger partial charge in [0.05, 0.1) is 61.8 Å². The van der Waals surface area contributed by atoms with E-state index in [9.17, 15) is 0 Å². The van der Waals surface area contributed by atoms with Gasteiger partial charge in [0.15, 0.2) is 11.6 Å². The summed E-state index contributed by atoms with van der Waals surface area (Å²) in [5.41, 5.74) is -1.32. The number of nitrogens with zero attached hydrogens (tertiary/aromatic N) is 2. The summed E-state index contributed by atoms with van der Waals surface area (Å²) in [4.78, 5) is 0. The molecule has 0 bridgehead atoms. The minimum absolute atomic E-state index is 0.117. The number of piperidine rings is 2. The van der Waals surface area contributed by atoms with E-state index in [0.29, 0.717) is 52.5 Å². The van der Waals surface area contributed by atoms with Crippen LogP contribution in [0.1, 0.15) is 159 Å². The number of hydrogen-bond acceptors (Lipinski definition) is 8. The third kappa shape index (κ3) is 8.76. The fraction of sp³-hybridized carbons (Fsp3) is 1.00. The summed E-state index contributed by atoms with van der Waals surface area (Å²) in [6.45, 7) is 27.2. The lowest BCUT2D eigenvalue weighted by Crippen LogP contribution is -2.69. The second kappa shape index (κ2) is 16.5. The van der Waals surface area contributed by atoms with Crippen molar-refractivity contribution in [2.45, 2.75) is 193 Å². The van der Waals surface area contributed by atoms with Gasteiger partial charge in [-0.05, 0) is 79.1 Å². The maximum absolute atomic E-state index is 8.90. The highest BCUT2D eigenvalue weighted by Gasteiger charge is 2.62. The minimum atomic E-state index is -0.613. The average Bonchev–Trinajstić information content (AvgIpc) is 3.11. The summed E-state index contributed by atoms with van der Waals surface area (Å²) in [6, 6.07) is 0. The summed E-state index contributed by atoms with van der Waals surface area (Å²) >= 11 is 0. The van der Waals surface area contributed by atoms with Gasteiger partial charge in [-0.2, -0.15) is 0 Å². The van der Waals surface area contributed by atoms with Crippen LogP contribution in [0.2, 0.25) is 0 Å². The van der Waals surface area contributed by atoms with Gasteiger partial charge in [-0.3, -0.25) is 0 Å². The molecule has 294 valence electrons. The summed E-state index contributed by atoms with van der Waals surface area (Å²) in [5, 5.41) is 21.5. The third-order valence-corrected chi connectivity index (χ3v) is 13.6. The van der Waals surface area contributed by atoms with E-state index in [1.807, 2.05) is 10.1 Å². The molecular formula is C40H78N2O8+2. The van der Waals surface area contributed by atoms with Crippen molar-refractivity contribution >= 4 is 0 Å². The Morgan fingerprint density at radius 1 is 0.480 bits per heavy atom. The number of hydrogen-bond donors (Lipinski definition) is 0. The van der Waals surface area contributed by atoms with Crippen molar-refractivity contribution in [1.82, 2.24) is 10.1 Å². The van der Waals surface area contributed by atoms with Crippen LogP contribution in [0.4, 0.5) is 0 Å². The van der Waals surface area contributed by atoms with Crippen molar-refractivity contribution in [2.75, 3.05) is 52.9 Å². The maximum atomic E-state index is 8.90. The topological polar surface area (TPSA) is 108 Å². The first-order valence-electron chi connectivity index (χ1n) is 20.3. The lowest BCUT2D eigenvalue weighted by molar-refractivity contribution is -0.380. The molecule has 0 aromatic carbocycles. The molecular weight excluding hydrogens is 636 g/mol. The van der Waals surface area contributed by atoms with Crippen molar-refractivity contribution in [1.29, 1.82) is 0 Å². The van der Waals surface area contributed by atoms with Crippen LogP contribution >= 0.6 is 0 Å². The quantitative estimate of drug-likeness (QED) is 0.117. The van der Waals surface area contributed by atoms with E-state index in [4.69, 9.17) is 38.8 Å². The molecule has 0 radical (unpaired) electrons. The van der Waals surface area contributed by atoms with Crippen LogP contribution < -0.4 is 0 Å². The van der Waals surface area contributed by atoms with Gasteiger partial charge in [0.1, 0.15) is 0 Å². The van der Waals surface area contributed by atoms with Gasteiger partial charge in [0, 0.05) is 49.7 Å². The van der Waals surface area contributed by atoms with Gasteiger partial charge in [-0.25, -0.2) is 0 Å². The van der Waals surface area contributed by atoms with E-state index in [1.165, 1.54) is 0 Å². The molecule has 10 heteroatoms. The Bertz CT molecular complexity index is 960. The van der Waals surface area contributed by atoms with Gasteiger partial charge < -0.3 is 38.8 Å². The highest BCUT2D eigenvalue weighted by molar-refractivity contribution is 5.06. The van der Waals surface area contributed by atoms with E-state index in [2.05, 4.69) is 69.2 Å². The van der Waals surface area contributed by atoms with E-state index in [1.54, 1.807) is 0 Å². The fourth-order valence-electron chi connectivity index (χ4n) is 9.51. The fourth-order valence-corrected chi connectivity index (χ4v) is 9.51. The van der Waals surface area contributed by atoms with Crippen LogP contribution in [0.5, 0.6) is 0 Å². The van der Waals surface area contributed by atoms with Gasteiger partial charge >= 0.3 is 0 Å². The monoisotopic (exact) mass is 715 g/mol. The van der Waals surface area contributed by atoms with Gasteiger partial charge in [0.2, 0.25) is 0 Å². The first-order chi connectivity index (χ1) is 23.5. The molecule has 0 aliphatic carbocycles. The SMILES string of the molecule is CCC1(COCCCCCCOCC2(CC)COC3(CC(C)(C)N([OH2+])C(CC)(CC)C3)OC2)COC2(CC(C)(C)N([OH2+])C(CC)(CC)C2)OC1. The number of ether oxygens (including phenoxy) is 6. The third-order valence-electron chi connectivity index (χ3n) is 13.6. The molecule has 0 aromatic rings. The number of rotatable bonds is 17. The van der Waals surface area contributed by atoms with Crippen LogP contribution in [-0.2, 0) is 28.4 Å². The normalized spacial score (nSPS) is 31.7. The Kier molecular flexibility index (Phi) is 14.0. The highest BCUT2D eigenvalue weighted by Crippen LogP contribution is 2.52. The van der Waals surface area contributed by atoms with Gasteiger partial charge in [-0.15, -0.1) is 0 Å². The van der Waals surface area contributed by atoms with Crippen LogP contribution in [-0.4, -0.2) is 107 Å². The summed E-state index contributed by atoms with van der Waals surface area (Å²) in [5.74, 6) is -1.23. The molecule has 4 fully saturated rings. The van der Waals surface area contributed by atoms with E-state index >= 15 is 0 Å². The first-order valence-corrected chi connectivity index (χ1v) is 20.3. The molecule has 4 aliphatic heterocycles. The van der Waals surface area contributed by atoms with E-state index in [-0.39, 0.29) is 33.0 Å². The second-order valence-electron chi connectivity index (χ2n) is 18.1. The number of unbranched alkanes of at least 4 members (excludes halogenated alkanes) is 3. The molecule has 4 heterocycles. The zero-order valence-corrected chi connectivity index (χ0v) is 33.9. The molecule has 0 amide bonds. The Hall–Kier alpha value is -0.400. The van der Waals surface area contributed by atoms with Crippen molar-refractivity contribution in [2.24, 2.45) is 10.8 Å². The summed E-state index contributed by atoms with van der Waals surface area (Å²) in [6.07, 6.45) is 12.8. The van der Waals surface area contributed by atoms with Gasteiger partial charge in [-0.1, -0.05) is 64.5 Å². The average molecular weight is 715 g/mol. The predicted octanol–water partition coefficient (Wildman–Crippen LogP) is 7.00. The molecule has 0 unspecified atom stereocenters. The second-order valence-corrected chi connectivity index (χ2v) is 18.1. The first kappa shape index (κ1) is 42.3. The Labute approximate surface area is 305 Å². The standard InChI is InChI=1S/C40H76N2O8/c1-11-35(29-47-39(48-30-35)23-33(7,8)41(43)37(13-3,14-4)25-39)27-45-21-19-17-18-20-22-46-28-36(12-2)31-49-40(50-32-36)24-34(9,10)42(44)38(15-5,16-6)26-40/h43-44H,11-32H2,1-10H3/p+2. The molecule has 0 aromatic heterocycles. The summed E-state index contributed by atoms with van der Waals surface area (Å²) in [7, 11) is 0. The van der Waals surface area contributed by atoms with Crippen molar-refractivity contribution in [3.05, 3.63) is 0 Å². The molecule has 10 nitrogen and oxygen atoms in total. The molecule has 4 rings (SSSR count). The zero-order chi connectivity index (χ0) is 37.0. The van der Waals surface area contributed by atoms with E-state index in [0.717, 1.165) is 90.3 Å². The molecule has 0 atom stereocenters. The van der Waals surface area contributed by atoms with E-state index < -0.39 is 11.6 Å². The molecule has 0 saturated carbocycles. The van der Waals surface area contributed by atoms with Crippen LogP contribution in [0.3, 0.4) is 0 Å². The molecule has 4 saturated heterocycles. The largest absolute Gasteiger partial charge is 0.381 e. The van der Waals surface area contributed by atoms with Crippen molar-refractivity contribution in [3.63, 3.8) is 0 Å². The minimum Gasteiger partial charge on any atom is -0.381 e. The Morgan fingerprint density at radius 2 is 0.800 bits per heavy atom. The summed E-state index contributed by atoms with van der Waals surface area (Å²) < 4.78 is 39.1. The zero-order valence-electron chi connectivity index (χ0n) is 33.9.